The number of hydrogen-bond donors (Lipinski definition) is 0. The molecule has 0 bridgehead atoms. The van der Waals surface area contributed by atoms with Gasteiger partial charge in [0.1, 0.15) is 13.2 Å². The molecular formula is C69H110O6. The maximum atomic E-state index is 12.9. The Hall–Kier alpha value is -4.71. The lowest BCUT2D eigenvalue weighted by molar-refractivity contribution is -0.167. The Balaban J connectivity index is 4.43. The van der Waals surface area contributed by atoms with Crippen LogP contribution in [-0.2, 0) is 28.6 Å². The van der Waals surface area contributed by atoms with Crippen molar-refractivity contribution in [2.24, 2.45) is 0 Å². The van der Waals surface area contributed by atoms with E-state index in [1.54, 1.807) is 0 Å². The number of unbranched alkanes of at least 4 members (excludes halogenated alkanes) is 18. The summed E-state index contributed by atoms with van der Waals surface area (Å²) >= 11 is 0. The lowest BCUT2D eigenvalue weighted by Gasteiger charge is -2.18. The van der Waals surface area contributed by atoms with Crippen molar-refractivity contribution in [2.45, 2.75) is 258 Å². The fraction of sp³-hybridized carbons (Fsp3) is 0.609. The Kier molecular flexibility index (Phi) is 58.0. The number of allylic oxidation sites excluding steroid dienone is 24. The van der Waals surface area contributed by atoms with Crippen LogP contribution in [0.4, 0.5) is 0 Å². The molecule has 0 heterocycles. The van der Waals surface area contributed by atoms with E-state index in [-0.39, 0.29) is 37.5 Å². The normalized spacial score (nSPS) is 13.2. The first kappa shape index (κ1) is 70.3. The maximum Gasteiger partial charge on any atom is 0.306 e. The van der Waals surface area contributed by atoms with Crippen LogP contribution in [0.5, 0.6) is 0 Å². The third-order valence-corrected chi connectivity index (χ3v) is 12.3. The zero-order valence-electron chi connectivity index (χ0n) is 48.3. The van der Waals surface area contributed by atoms with Gasteiger partial charge in [0.15, 0.2) is 6.10 Å². The maximum absolute atomic E-state index is 12.9. The summed E-state index contributed by atoms with van der Waals surface area (Å²) in [6, 6.07) is 0. The zero-order chi connectivity index (χ0) is 54.3. The standard InChI is InChI=1S/C69H110O6/c1-4-7-10-13-16-19-22-24-26-28-29-30-31-32-33-34-35-36-37-38-39-41-42-44-47-50-53-56-59-62-68(71)74-65-66(64-73-67(70)61-58-55-52-49-46-21-18-15-12-9-6-3)75-69(72)63-60-57-54-51-48-45-43-40-27-25-23-20-17-14-11-8-5-2/h7,10,15-20,24-27,29-30,32-33,35-36,38-39,42,44,50,53,66H,4-6,8-9,11-14,21-23,28,31,34,37,40-41,43,45-49,51-52,54-65H2,1-3H3/b10-7-,18-15-,19-16-,20-17-,26-24-,27-25-,30-29-,33-32-,36-35-,39-38-,44-42-,53-50-. The number of esters is 3. The third kappa shape index (κ3) is 60.0. The van der Waals surface area contributed by atoms with Gasteiger partial charge in [0.25, 0.3) is 0 Å². The number of hydrogen-bond acceptors (Lipinski definition) is 6. The van der Waals surface area contributed by atoms with E-state index in [2.05, 4.69) is 167 Å². The van der Waals surface area contributed by atoms with Crippen LogP contribution in [0.3, 0.4) is 0 Å². The summed E-state index contributed by atoms with van der Waals surface area (Å²) < 4.78 is 16.8. The third-order valence-electron chi connectivity index (χ3n) is 12.3. The van der Waals surface area contributed by atoms with Crippen LogP contribution in [0, 0.1) is 0 Å². The van der Waals surface area contributed by atoms with E-state index in [0.717, 1.165) is 128 Å². The molecule has 0 saturated carbocycles. The lowest BCUT2D eigenvalue weighted by atomic mass is 10.1. The molecule has 6 heteroatoms. The molecule has 0 aromatic rings. The first-order chi connectivity index (χ1) is 37.0. The first-order valence-electron chi connectivity index (χ1n) is 30.3. The number of rotatable bonds is 53. The van der Waals surface area contributed by atoms with Gasteiger partial charge >= 0.3 is 17.9 Å². The molecule has 0 aliphatic heterocycles. The van der Waals surface area contributed by atoms with E-state index in [4.69, 9.17) is 14.2 Å². The van der Waals surface area contributed by atoms with Crippen LogP contribution in [-0.4, -0.2) is 37.2 Å². The topological polar surface area (TPSA) is 78.9 Å². The Morgan fingerprint density at radius 2 is 0.547 bits per heavy atom. The fourth-order valence-corrected chi connectivity index (χ4v) is 7.75. The van der Waals surface area contributed by atoms with Gasteiger partial charge in [-0.2, -0.15) is 0 Å². The quantitative estimate of drug-likeness (QED) is 0.0261. The molecule has 75 heavy (non-hydrogen) atoms. The highest BCUT2D eigenvalue weighted by Crippen LogP contribution is 2.13. The summed E-state index contributed by atoms with van der Waals surface area (Å²) in [6.45, 7) is 6.39. The number of carbonyl (C=O) groups excluding carboxylic acids is 3. The molecule has 0 aromatic carbocycles. The first-order valence-corrected chi connectivity index (χ1v) is 30.3. The molecule has 0 saturated heterocycles. The highest BCUT2D eigenvalue weighted by Gasteiger charge is 2.19. The van der Waals surface area contributed by atoms with Crippen molar-refractivity contribution in [3.8, 4) is 0 Å². The molecule has 0 fully saturated rings. The van der Waals surface area contributed by atoms with Crippen molar-refractivity contribution in [3.63, 3.8) is 0 Å². The monoisotopic (exact) mass is 1030 g/mol. The Morgan fingerprint density at radius 1 is 0.280 bits per heavy atom. The molecule has 0 amide bonds. The van der Waals surface area contributed by atoms with Gasteiger partial charge in [-0.1, -0.05) is 244 Å². The van der Waals surface area contributed by atoms with Crippen molar-refractivity contribution in [2.75, 3.05) is 13.2 Å². The minimum absolute atomic E-state index is 0.108. The van der Waals surface area contributed by atoms with Gasteiger partial charge < -0.3 is 14.2 Å². The fourth-order valence-electron chi connectivity index (χ4n) is 7.75. The van der Waals surface area contributed by atoms with E-state index in [1.165, 1.54) is 77.0 Å². The molecule has 0 N–H and O–H groups in total. The van der Waals surface area contributed by atoms with Crippen LogP contribution < -0.4 is 0 Å². The molecule has 0 aliphatic carbocycles. The van der Waals surface area contributed by atoms with Crippen LogP contribution in [0.2, 0.25) is 0 Å². The van der Waals surface area contributed by atoms with E-state index in [9.17, 15) is 14.4 Å². The highest BCUT2D eigenvalue weighted by atomic mass is 16.6. The summed E-state index contributed by atoms with van der Waals surface area (Å²) in [5, 5.41) is 0. The molecule has 0 rings (SSSR count). The van der Waals surface area contributed by atoms with Gasteiger partial charge in [0.2, 0.25) is 0 Å². The largest absolute Gasteiger partial charge is 0.462 e. The predicted octanol–water partition coefficient (Wildman–Crippen LogP) is 20.8. The average molecular weight is 1040 g/mol. The van der Waals surface area contributed by atoms with Gasteiger partial charge in [-0.25, -0.2) is 0 Å². The molecular weight excluding hydrogens is 925 g/mol. The van der Waals surface area contributed by atoms with E-state index in [1.807, 2.05) is 0 Å². The second kappa shape index (κ2) is 61.8. The summed E-state index contributed by atoms with van der Waals surface area (Å²) in [6.07, 6.45) is 88.5. The van der Waals surface area contributed by atoms with Gasteiger partial charge in [0, 0.05) is 19.3 Å². The average Bonchev–Trinajstić information content (AvgIpc) is 3.41. The van der Waals surface area contributed by atoms with E-state index < -0.39 is 6.10 Å². The van der Waals surface area contributed by atoms with Crippen molar-refractivity contribution >= 4 is 17.9 Å². The molecule has 1 atom stereocenters. The Labute approximate surface area is 461 Å². The molecule has 422 valence electrons. The van der Waals surface area contributed by atoms with Crippen LogP contribution in [0.1, 0.15) is 252 Å². The minimum Gasteiger partial charge on any atom is -0.462 e. The van der Waals surface area contributed by atoms with Crippen molar-refractivity contribution in [1.29, 1.82) is 0 Å². The van der Waals surface area contributed by atoms with Crippen LogP contribution in [0.15, 0.2) is 146 Å². The van der Waals surface area contributed by atoms with Gasteiger partial charge in [-0.3, -0.25) is 14.4 Å². The lowest BCUT2D eigenvalue weighted by Crippen LogP contribution is -2.30. The van der Waals surface area contributed by atoms with Crippen LogP contribution in [0.25, 0.3) is 0 Å². The number of ether oxygens (including phenoxy) is 3. The van der Waals surface area contributed by atoms with E-state index >= 15 is 0 Å². The van der Waals surface area contributed by atoms with Crippen molar-refractivity contribution in [1.82, 2.24) is 0 Å². The smallest absolute Gasteiger partial charge is 0.306 e. The number of carbonyl (C=O) groups is 3. The molecule has 0 aromatic heterocycles. The summed E-state index contributed by atoms with van der Waals surface area (Å²) in [5.41, 5.74) is 0. The Morgan fingerprint density at radius 3 is 0.920 bits per heavy atom. The zero-order valence-corrected chi connectivity index (χ0v) is 48.3. The van der Waals surface area contributed by atoms with Crippen molar-refractivity contribution in [3.05, 3.63) is 146 Å². The van der Waals surface area contributed by atoms with Gasteiger partial charge in [-0.05, 0) is 135 Å². The molecule has 0 aliphatic rings. The SMILES string of the molecule is CC/C=C\C/C=C\C/C=C\C/C=C\C/C=C\C/C=C\C/C=C\C/C=C\C/C=C\CCCC(=O)OCC(COC(=O)CCCCCCC/C=C\CCCC)OC(=O)CCCCCCCCC/C=C\C/C=C\CCCCC. The van der Waals surface area contributed by atoms with Gasteiger partial charge in [0.05, 0.1) is 0 Å². The minimum atomic E-state index is -0.815. The molecule has 0 radical (unpaired) electrons. The highest BCUT2D eigenvalue weighted by molar-refractivity contribution is 5.71. The second-order valence-corrected chi connectivity index (χ2v) is 19.5. The Bertz CT molecular complexity index is 1660. The van der Waals surface area contributed by atoms with E-state index in [0.29, 0.717) is 19.3 Å². The molecule has 6 nitrogen and oxygen atoms in total. The second-order valence-electron chi connectivity index (χ2n) is 19.5. The summed E-state index contributed by atoms with van der Waals surface area (Å²) in [7, 11) is 0. The van der Waals surface area contributed by atoms with Crippen LogP contribution >= 0.6 is 0 Å². The molecule has 1 unspecified atom stereocenters. The summed E-state index contributed by atoms with van der Waals surface area (Å²) in [5.74, 6) is -0.993. The molecule has 0 spiro atoms. The van der Waals surface area contributed by atoms with Gasteiger partial charge in [-0.15, -0.1) is 0 Å². The predicted molar refractivity (Wildman–Crippen MR) is 325 cm³/mol. The van der Waals surface area contributed by atoms with Crippen molar-refractivity contribution < 1.29 is 28.6 Å². The summed E-state index contributed by atoms with van der Waals surface area (Å²) in [4.78, 5) is 38.1.